The van der Waals surface area contributed by atoms with Crippen LogP contribution in [0.3, 0.4) is 0 Å². The highest BCUT2D eigenvalue weighted by Gasteiger charge is 2.37. The standard InChI is InChI=1S/C26H37N2O2.HI/c1-3-28(18-22-10-7-5-4-6-8-11-22)16-14-24(15-17-28)27(21(2)29)26-13-9-12-23-19-30-20-25(23)26;/h9-10,12-13,19-20,24H,3-8,11,14-18H2,1-2H3;1H/q+1;/p-1. The van der Waals surface area contributed by atoms with Crippen LogP contribution in [0, 0.1) is 0 Å². The zero-order chi connectivity index (χ0) is 21.0. The molecule has 1 aliphatic heterocycles. The number of halogens is 1. The van der Waals surface area contributed by atoms with Crippen molar-refractivity contribution in [3.8, 4) is 0 Å². The first-order chi connectivity index (χ1) is 14.6. The second kappa shape index (κ2) is 11.0. The van der Waals surface area contributed by atoms with Gasteiger partial charge in [0.2, 0.25) is 5.91 Å². The van der Waals surface area contributed by atoms with Crippen LogP contribution in [-0.2, 0) is 4.79 Å². The van der Waals surface area contributed by atoms with Crippen molar-refractivity contribution >= 4 is 22.4 Å². The van der Waals surface area contributed by atoms with E-state index < -0.39 is 0 Å². The van der Waals surface area contributed by atoms with Crippen molar-refractivity contribution in [3.63, 3.8) is 0 Å². The quantitative estimate of drug-likeness (QED) is 0.335. The largest absolute Gasteiger partial charge is 1.00 e. The Bertz CT molecular complexity index is 896. The summed E-state index contributed by atoms with van der Waals surface area (Å²) in [5, 5.41) is 2.10. The molecular weight excluding hydrogens is 499 g/mol. The summed E-state index contributed by atoms with van der Waals surface area (Å²) in [6.45, 7) is 8.75. The molecule has 1 aromatic carbocycles. The van der Waals surface area contributed by atoms with E-state index in [1.54, 1.807) is 25.0 Å². The van der Waals surface area contributed by atoms with Gasteiger partial charge in [-0.2, -0.15) is 0 Å². The number of nitrogens with zero attached hydrogens (tertiary/aromatic N) is 2. The first-order valence-electron chi connectivity index (χ1n) is 11.9. The fraction of sp³-hybridized carbons (Fsp3) is 0.577. The van der Waals surface area contributed by atoms with Gasteiger partial charge in [0.25, 0.3) is 0 Å². The third kappa shape index (κ3) is 5.54. The van der Waals surface area contributed by atoms with Gasteiger partial charge in [0.15, 0.2) is 0 Å². The maximum absolute atomic E-state index is 12.7. The predicted octanol–water partition coefficient (Wildman–Crippen LogP) is 3.07. The molecule has 5 heteroatoms. The molecule has 31 heavy (non-hydrogen) atoms. The Labute approximate surface area is 204 Å². The summed E-state index contributed by atoms with van der Waals surface area (Å²) in [7, 11) is 0. The topological polar surface area (TPSA) is 33.5 Å². The summed E-state index contributed by atoms with van der Waals surface area (Å²) in [5.74, 6) is 0.132. The maximum Gasteiger partial charge on any atom is 0.224 e. The monoisotopic (exact) mass is 536 g/mol. The molecule has 170 valence electrons. The van der Waals surface area contributed by atoms with Crippen molar-refractivity contribution in [2.45, 2.75) is 71.3 Å². The van der Waals surface area contributed by atoms with Gasteiger partial charge in [-0.05, 0) is 44.2 Å². The number of carbonyl (C=O) groups is 1. The van der Waals surface area contributed by atoms with Crippen LogP contribution in [-0.4, -0.2) is 42.6 Å². The van der Waals surface area contributed by atoms with E-state index in [9.17, 15) is 4.79 Å². The zero-order valence-corrected chi connectivity index (χ0v) is 21.3. The van der Waals surface area contributed by atoms with Gasteiger partial charge in [-0.3, -0.25) is 4.79 Å². The van der Waals surface area contributed by atoms with Gasteiger partial charge in [-0.25, -0.2) is 0 Å². The van der Waals surface area contributed by atoms with E-state index in [1.165, 1.54) is 56.1 Å². The average molecular weight is 536 g/mol. The molecule has 2 heterocycles. The molecule has 1 fully saturated rings. The van der Waals surface area contributed by atoms with Crippen molar-refractivity contribution in [3.05, 3.63) is 42.4 Å². The number of benzene rings is 1. The highest BCUT2D eigenvalue weighted by Crippen LogP contribution is 2.33. The molecule has 0 atom stereocenters. The number of allylic oxidation sites excluding steroid dienone is 1. The van der Waals surface area contributed by atoms with Gasteiger partial charge >= 0.3 is 0 Å². The van der Waals surface area contributed by atoms with Crippen molar-refractivity contribution in [2.75, 3.05) is 31.1 Å². The summed E-state index contributed by atoms with van der Waals surface area (Å²) in [6.07, 6.45) is 16.2. The third-order valence-electron chi connectivity index (χ3n) is 7.43. The number of fused-ring (bicyclic) bond motifs is 1. The molecule has 1 amide bonds. The van der Waals surface area contributed by atoms with Crippen LogP contribution in [0.2, 0.25) is 0 Å². The number of rotatable bonds is 5. The van der Waals surface area contributed by atoms with Gasteiger partial charge in [0, 0.05) is 36.6 Å². The van der Waals surface area contributed by atoms with E-state index in [0.29, 0.717) is 0 Å². The molecule has 1 aromatic heterocycles. The lowest BCUT2D eigenvalue weighted by Gasteiger charge is -2.46. The molecule has 2 aliphatic rings. The minimum Gasteiger partial charge on any atom is -1.00 e. The lowest BCUT2D eigenvalue weighted by molar-refractivity contribution is -0.926. The van der Waals surface area contributed by atoms with E-state index in [0.717, 1.165) is 42.4 Å². The molecule has 2 aromatic rings. The minimum absolute atomic E-state index is 0. The molecule has 0 bridgehead atoms. The molecule has 0 spiro atoms. The molecule has 4 nitrogen and oxygen atoms in total. The summed E-state index contributed by atoms with van der Waals surface area (Å²) in [5.41, 5.74) is 2.68. The molecule has 1 saturated heterocycles. The number of furan rings is 1. The van der Waals surface area contributed by atoms with E-state index >= 15 is 0 Å². The number of hydrogen-bond donors (Lipinski definition) is 0. The van der Waals surface area contributed by atoms with Crippen LogP contribution in [0.25, 0.3) is 10.8 Å². The number of amides is 1. The average Bonchev–Trinajstić information content (AvgIpc) is 3.21. The minimum atomic E-state index is 0. The summed E-state index contributed by atoms with van der Waals surface area (Å²) >= 11 is 0. The smallest absolute Gasteiger partial charge is 0.224 e. The maximum atomic E-state index is 12.7. The van der Waals surface area contributed by atoms with E-state index in [-0.39, 0.29) is 35.9 Å². The van der Waals surface area contributed by atoms with Crippen molar-refractivity contribution in [1.29, 1.82) is 0 Å². The molecular formula is C26H37IN2O2. The van der Waals surface area contributed by atoms with Crippen molar-refractivity contribution < 1.29 is 37.7 Å². The van der Waals surface area contributed by atoms with Crippen LogP contribution < -0.4 is 28.9 Å². The lowest BCUT2D eigenvalue weighted by Crippen LogP contribution is -3.00. The number of hydrogen-bond acceptors (Lipinski definition) is 2. The molecule has 1 aliphatic carbocycles. The van der Waals surface area contributed by atoms with Gasteiger partial charge < -0.3 is 37.8 Å². The van der Waals surface area contributed by atoms with E-state index in [2.05, 4.69) is 19.1 Å². The molecule has 0 N–H and O–H groups in total. The number of anilines is 1. The number of carbonyl (C=O) groups excluding carboxylic acids is 1. The van der Waals surface area contributed by atoms with Gasteiger partial charge in [-0.1, -0.05) is 31.1 Å². The van der Waals surface area contributed by atoms with Crippen molar-refractivity contribution in [2.24, 2.45) is 0 Å². The molecule has 4 rings (SSSR count). The normalized spacial score (nSPS) is 24.6. The molecule has 0 radical (unpaired) electrons. The lowest BCUT2D eigenvalue weighted by atomic mass is 9.95. The van der Waals surface area contributed by atoms with Crippen LogP contribution >= 0.6 is 0 Å². The predicted molar refractivity (Wildman–Crippen MR) is 124 cm³/mol. The molecule has 0 saturated carbocycles. The number of likely N-dealkylation sites (N-methyl/N-ethyl adjacent to an activating group) is 1. The Morgan fingerprint density at radius 3 is 2.65 bits per heavy atom. The van der Waals surface area contributed by atoms with Gasteiger partial charge in [0.05, 0.1) is 31.6 Å². The van der Waals surface area contributed by atoms with Crippen LogP contribution in [0.4, 0.5) is 5.69 Å². The fourth-order valence-corrected chi connectivity index (χ4v) is 5.59. The Morgan fingerprint density at radius 2 is 1.90 bits per heavy atom. The van der Waals surface area contributed by atoms with Gasteiger partial charge in [0.1, 0.15) is 12.8 Å². The summed E-state index contributed by atoms with van der Waals surface area (Å²) < 4.78 is 6.61. The number of piperidine rings is 1. The zero-order valence-electron chi connectivity index (χ0n) is 19.1. The Kier molecular flexibility index (Phi) is 8.62. The third-order valence-corrected chi connectivity index (χ3v) is 7.43. The SMILES string of the molecule is CC[N+]1(CC2=CCCCCCC2)CCC(N(C(C)=O)c2cccc3cocc23)CC1.[I-]. The highest BCUT2D eigenvalue weighted by atomic mass is 127. The van der Waals surface area contributed by atoms with Crippen LogP contribution in [0.5, 0.6) is 0 Å². The highest BCUT2D eigenvalue weighted by molar-refractivity contribution is 6.02. The number of likely N-dealkylation sites (tertiary alicyclic amines) is 1. The second-order valence-corrected chi connectivity index (χ2v) is 9.35. The van der Waals surface area contributed by atoms with Gasteiger partial charge in [-0.15, -0.1) is 0 Å². The van der Waals surface area contributed by atoms with Crippen LogP contribution in [0.1, 0.15) is 65.2 Å². The summed E-state index contributed by atoms with van der Waals surface area (Å²) in [6, 6.07) is 6.41. The Hall–Kier alpha value is -1.34. The van der Waals surface area contributed by atoms with E-state index in [4.69, 9.17) is 4.42 Å². The second-order valence-electron chi connectivity index (χ2n) is 9.35. The fourth-order valence-electron chi connectivity index (χ4n) is 5.59. The number of quaternary nitrogens is 1. The first kappa shape index (κ1) is 24.3. The van der Waals surface area contributed by atoms with Crippen LogP contribution in [0.15, 0.2) is 46.8 Å². The Morgan fingerprint density at radius 1 is 1.13 bits per heavy atom. The van der Waals surface area contributed by atoms with E-state index in [1.807, 2.05) is 17.0 Å². The summed E-state index contributed by atoms with van der Waals surface area (Å²) in [4.78, 5) is 14.7. The van der Waals surface area contributed by atoms with Crippen molar-refractivity contribution in [1.82, 2.24) is 0 Å². The first-order valence-corrected chi connectivity index (χ1v) is 11.9. The Balaban J connectivity index is 0.00000272. The molecule has 0 unspecified atom stereocenters.